The first-order valence-corrected chi connectivity index (χ1v) is 9.18. The van der Waals surface area contributed by atoms with Crippen LogP contribution in [0.25, 0.3) is 0 Å². The van der Waals surface area contributed by atoms with Crippen molar-refractivity contribution in [3.63, 3.8) is 0 Å². The van der Waals surface area contributed by atoms with Gasteiger partial charge in [0.25, 0.3) is 5.69 Å². The van der Waals surface area contributed by atoms with E-state index in [9.17, 15) is 23.3 Å². The SMILES string of the molecule is CN(c1ccc(I)cc1)c1nc(Nc2ccc([N+](=O)[O-])cc2)ncc1C(F)(F)F. The molecule has 0 saturated heterocycles. The van der Waals surface area contributed by atoms with Crippen LogP contribution in [0.4, 0.5) is 42.0 Å². The Balaban J connectivity index is 1.97. The fraction of sp³-hybridized carbons (Fsp3) is 0.111. The maximum absolute atomic E-state index is 13.5. The number of halogens is 4. The molecule has 0 aliphatic rings. The second-order valence-electron chi connectivity index (χ2n) is 5.89. The monoisotopic (exact) mass is 515 g/mol. The molecule has 3 rings (SSSR count). The maximum Gasteiger partial charge on any atom is 0.421 e. The standard InChI is InChI=1S/C18H13F3IN5O2/c1-26(13-6-2-11(22)3-7-13)16-15(18(19,20)21)10-23-17(25-16)24-12-4-8-14(9-5-12)27(28)29/h2-10H,1H3,(H,23,24,25). The highest BCUT2D eigenvalue weighted by molar-refractivity contribution is 14.1. The van der Waals surface area contributed by atoms with Crippen LogP contribution in [0.15, 0.2) is 54.7 Å². The van der Waals surface area contributed by atoms with E-state index in [4.69, 9.17) is 0 Å². The summed E-state index contributed by atoms with van der Waals surface area (Å²) >= 11 is 2.10. The van der Waals surface area contributed by atoms with E-state index in [1.807, 2.05) is 0 Å². The molecule has 1 heterocycles. The molecule has 0 radical (unpaired) electrons. The summed E-state index contributed by atoms with van der Waals surface area (Å²) in [5, 5.41) is 13.5. The van der Waals surface area contributed by atoms with Crippen LogP contribution in [0, 0.1) is 13.7 Å². The van der Waals surface area contributed by atoms with Crippen LogP contribution >= 0.6 is 22.6 Å². The number of rotatable bonds is 5. The zero-order valence-electron chi connectivity index (χ0n) is 14.8. The maximum atomic E-state index is 13.5. The number of aromatic nitrogens is 2. The first-order valence-electron chi connectivity index (χ1n) is 8.10. The lowest BCUT2D eigenvalue weighted by Gasteiger charge is -2.23. The Bertz CT molecular complexity index is 1030. The van der Waals surface area contributed by atoms with E-state index in [2.05, 4.69) is 37.9 Å². The van der Waals surface area contributed by atoms with Gasteiger partial charge in [0.05, 0.1) is 4.92 Å². The Hall–Kier alpha value is -2.96. The van der Waals surface area contributed by atoms with Gasteiger partial charge < -0.3 is 10.2 Å². The quantitative estimate of drug-likeness (QED) is 0.274. The number of nitro groups is 1. The first kappa shape index (κ1) is 20.8. The lowest BCUT2D eigenvalue weighted by atomic mass is 10.2. The topological polar surface area (TPSA) is 84.2 Å². The van der Waals surface area contributed by atoms with E-state index in [-0.39, 0.29) is 17.5 Å². The fourth-order valence-electron chi connectivity index (χ4n) is 2.47. The van der Waals surface area contributed by atoms with Crippen LogP contribution in [0.5, 0.6) is 0 Å². The van der Waals surface area contributed by atoms with Gasteiger partial charge in [-0.15, -0.1) is 0 Å². The van der Waals surface area contributed by atoms with Crippen LogP contribution in [-0.2, 0) is 6.18 Å². The van der Waals surface area contributed by atoms with Gasteiger partial charge in [0.15, 0.2) is 5.82 Å². The van der Waals surface area contributed by atoms with E-state index in [1.54, 1.807) is 24.3 Å². The third kappa shape index (κ3) is 4.91. The van der Waals surface area contributed by atoms with Crippen LogP contribution < -0.4 is 10.2 Å². The Morgan fingerprint density at radius 1 is 1.10 bits per heavy atom. The minimum atomic E-state index is -4.64. The van der Waals surface area contributed by atoms with E-state index >= 15 is 0 Å². The second-order valence-corrected chi connectivity index (χ2v) is 7.14. The van der Waals surface area contributed by atoms with Gasteiger partial charge in [-0.1, -0.05) is 0 Å². The number of hydrogen-bond donors (Lipinski definition) is 1. The molecule has 0 amide bonds. The Labute approximate surface area is 176 Å². The summed E-state index contributed by atoms with van der Waals surface area (Å²) in [6.07, 6.45) is -3.93. The summed E-state index contributed by atoms with van der Waals surface area (Å²) in [5.74, 6) is -0.391. The molecule has 150 valence electrons. The Morgan fingerprint density at radius 2 is 1.72 bits per heavy atom. The summed E-state index contributed by atoms with van der Waals surface area (Å²) in [6.45, 7) is 0. The predicted octanol–water partition coefficient (Wildman–Crippen LogP) is 5.52. The lowest BCUT2D eigenvalue weighted by molar-refractivity contribution is -0.384. The molecule has 0 aliphatic carbocycles. The van der Waals surface area contributed by atoms with Crippen molar-refractivity contribution in [3.8, 4) is 0 Å². The average molecular weight is 515 g/mol. The number of nitrogens with one attached hydrogen (secondary N) is 1. The molecule has 0 unspecified atom stereocenters. The van der Waals surface area contributed by atoms with Gasteiger partial charge in [0, 0.05) is 40.3 Å². The fourth-order valence-corrected chi connectivity index (χ4v) is 2.83. The summed E-state index contributed by atoms with van der Waals surface area (Å²) in [6, 6.07) is 12.3. The minimum absolute atomic E-state index is 0.0702. The van der Waals surface area contributed by atoms with Gasteiger partial charge in [0.2, 0.25) is 5.95 Å². The summed E-state index contributed by atoms with van der Waals surface area (Å²) in [5.41, 5.74) is -0.162. The van der Waals surface area contributed by atoms with Gasteiger partial charge >= 0.3 is 6.18 Å². The molecule has 7 nitrogen and oxygen atoms in total. The number of hydrogen-bond acceptors (Lipinski definition) is 6. The van der Waals surface area contributed by atoms with Crippen molar-refractivity contribution in [2.75, 3.05) is 17.3 Å². The van der Waals surface area contributed by atoms with Crippen LogP contribution in [0.1, 0.15) is 5.56 Å². The Morgan fingerprint density at radius 3 is 2.28 bits per heavy atom. The molecule has 3 aromatic rings. The molecular formula is C18H13F3IN5O2. The average Bonchev–Trinajstić information content (AvgIpc) is 2.67. The third-order valence-electron chi connectivity index (χ3n) is 3.94. The van der Waals surface area contributed by atoms with Gasteiger partial charge in [-0.3, -0.25) is 10.1 Å². The summed E-state index contributed by atoms with van der Waals surface area (Å²) < 4.78 is 41.4. The minimum Gasteiger partial charge on any atom is -0.329 e. The van der Waals surface area contributed by atoms with Crippen molar-refractivity contribution in [2.45, 2.75) is 6.18 Å². The van der Waals surface area contributed by atoms with Crippen molar-refractivity contribution >= 4 is 51.4 Å². The summed E-state index contributed by atoms with van der Waals surface area (Å²) in [7, 11) is 1.48. The van der Waals surface area contributed by atoms with Gasteiger partial charge in [-0.2, -0.15) is 18.2 Å². The number of nitrogens with zero attached hydrogens (tertiary/aromatic N) is 4. The van der Waals surface area contributed by atoms with Crippen molar-refractivity contribution in [1.82, 2.24) is 9.97 Å². The Kier molecular flexibility index (Phi) is 5.86. The molecule has 0 fully saturated rings. The van der Waals surface area contributed by atoms with Gasteiger partial charge in [-0.25, -0.2) is 4.98 Å². The lowest BCUT2D eigenvalue weighted by Crippen LogP contribution is -2.19. The number of alkyl halides is 3. The van der Waals surface area contributed by atoms with Crippen LogP contribution in [-0.4, -0.2) is 21.9 Å². The molecular weight excluding hydrogens is 502 g/mol. The molecule has 0 spiro atoms. The molecule has 1 aromatic heterocycles. The molecule has 0 saturated carbocycles. The number of benzene rings is 2. The molecule has 0 bridgehead atoms. The smallest absolute Gasteiger partial charge is 0.329 e. The zero-order chi connectivity index (χ0) is 21.2. The highest BCUT2D eigenvalue weighted by atomic mass is 127. The summed E-state index contributed by atoms with van der Waals surface area (Å²) in [4.78, 5) is 19.3. The molecule has 2 aromatic carbocycles. The predicted molar refractivity (Wildman–Crippen MR) is 111 cm³/mol. The van der Waals surface area contributed by atoms with E-state index in [1.165, 1.54) is 36.2 Å². The zero-order valence-corrected chi connectivity index (χ0v) is 17.0. The highest BCUT2D eigenvalue weighted by Gasteiger charge is 2.36. The third-order valence-corrected chi connectivity index (χ3v) is 4.66. The second kappa shape index (κ2) is 8.19. The number of non-ortho nitro benzene ring substituents is 1. The van der Waals surface area contributed by atoms with Crippen molar-refractivity contribution in [1.29, 1.82) is 0 Å². The van der Waals surface area contributed by atoms with E-state index in [0.29, 0.717) is 17.6 Å². The van der Waals surface area contributed by atoms with Crippen molar-refractivity contribution in [3.05, 3.63) is 74.0 Å². The van der Waals surface area contributed by atoms with E-state index in [0.717, 1.165) is 3.57 Å². The highest BCUT2D eigenvalue weighted by Crippen LogP contribution is 2.37. The van der Waals surface area contributed by atoms with E-state index < -0.39 is 16.7 Å². The van der Waals surface area contributed by atoms with Crippen molar-refractivity contribution in [2.24, 2.45) is 0 Å². The molecule has 29 heavy (non-hydrogen) atoms. The van der Waals surface area contributed by atoms with Crippen molar-refractivity contribution < 1.29 is 18.1 Å². The van der Waals surface area contributed by atoms with Crippen LogP contribution in [0.2, 0.25) is 0 Å². The molecule has 0 atom stereocenters. The normalized spacial score (nSPS) is 11.2. The number of nitro benzene ring substituents is 1. The van der Waals surface area contributed by atoms with Gasteiger partial charge in [0.1, 0.15) is 5.56 Å². The molecule has 0 aliphatic heterocycles. The molecule has 1 N–H and O–H groups in total. The first-order chi connectivity index (χ1) is 13.6. The van der Waals surface area contributed by atoms with Crippen LogP contribution in [0.3, 0.4) is 0 Å². The number of anilines is 4. The van der Waals surface area contributed by atoms with Gasteiger partial charge in [-0.05, 0) is 59.0 Å². The molecule has 11 heteroatoms. The largest absolute Gasteiger partial charge is 0.421 e.